The summed E-state index contributed by atoms with van der Waals surface area (Å²) >= 11 is 0. The van der Waals surface area contributed by atoms with Gasteiger partial charge in [0.25, 0.3) is 0 Å². The lowest BCUT2D eigenvalue weighted by Crippen LogP contribution is -2.43. The molecule has 1 rings (SSSR count). The summed E-state index contributed by atoms with van der Waals surface area (Å²) < 4.78 is 10.9. The Morgan fingerprint density at radius 3 is 2.67 bits per heavy atom. The van der Waals surface area contributed by atoms with Crippen LogP contribution in [0.25, 0.3) is 0 Å². The SMILES string of the molecule is CC(C(=O)OC(C)(C)C)N(C)CC1CCCOC1. The van der Waals surface area contributed by atoms with Gasteiger partial charge >= 0.3 is 5.97 Å². The molecular formula is C14H27NO3. The molecule has 1 saturated heterocycles. The Bertz CT molecular complexity index is 267. The Labute approximate surface area is 111 Å². The first-order valence-electron chi connectivity index (χ1n) is 6.80. The van der Waals surface area contributed by atoms with Gasteiger partial charge in [0.05, 0.1) is 6.61 Å². The average Bonchev–Trinajstić information content (AvgIpc) is 2.27. The molecule has 2 atom stereocenters. The Hall–Kier alpha value is -0.610. The molecule has 18 heavy (non-hydrogen) atoms. The molecule has 106 valence electrons. The zero-order valence-electron chi connectivity index (χ0n) is 12.4. The maximum atomic E-state index is 11.9. The first-order valence-corrected chi connectivity index (χ1v) is 6.80. The number of esters is 1. The van der Waals surface area contributed by atoms with Crippen LogP contribution in [0.4, 0.5) is 0 Å². The minimum Gasteiger partial charge on any atom is -0.459 e. The van der Waals surface area contributed by atoms with Gasteiger partial charge in [0.2, 0.25) is 0 Å². The fraction of sp³-hybridized carbons (Fsp3) is 0.929. The Morgan fingerprint density at radius 2 is 2.17 bits per heavy atom. The molecule has 1 aliphatic heterocycles. The maximum absolute atomic E-state index is 11.9. The van der Waals surface area contributed by atoms with E-state index in [4.69, 9.17) is 9.47 Å². The molecule has 2 unspecified atom stereocenters. The maximum Gasteiger partial charge on any atom is 0.323 e. The lowest BCUT2D eigenvalue weighted by molar-refractivity contribution is -0.160. The molecule has 1 aliphatic rings. The monoisotopic (exact) mass is 257 g/mol. The van der Waals surface area contributed by atoms with Crippen LogP contribution in [0.15, 0.2) is 0 Å². The molecule has 1 fully saturated rings. The summed E-state index contributed by atoms with van der Waals surface area (Å²) in [6, 6.07) is -0.203. The van der Waals surface area contributed by atoms with Gasteiger partial charge in [-0.25, -0.2) is 0 Å². The predicted molar refractivity (Wildman–Crippen MR) is 71.5 cm³/mol. The highest BCUT2D eigenvalue weighted by Crippen LogP contribution is 2.16. The summed E-state index contributed by atoms with van der Waals surface area (Å²) in [5.41, 5.74) is -0.417. The number of nitrogens with zero attached hydrogens (tertiary/aromatic N) is 1. The van der Waals surface area contributed by atoms with Gasteiger partial charge in [-0.3, -0.25) is 9.69 Å². The van der Waals surface area contributed by atoms with E-state index in [2.05, 4.69) is 4.90 Å². The fourth-order valence-electron chi connectivity index (χ4n) is 2.08. The van der Waals surface area contributed by atoms with Crippen molar-refractivity contribution in [1.82, 2.24) is 4.90 Å². The molecule has 0 N–H and O–H groups in total. The van der Waals surface area contributed by atoms with Crippen LogP contribution in [-0.2, 0) is 14.3 Å². The fourth-order valence-corrected chi connectivity index (χ4v) is 2.08. The third kappa shape index (κ3) is 5.36. The van der Waals surface area contributed by atoms with E-state index in [0.29, 0.717) is 5.92 Å². The Morgan fingerprint density at radius 1 is 1.50 bits per heavy atom. The topological polar surface area (TPSA) is 38.8 Å². The van der Waals surface area contributed by atoms with Crippen molar-refractivity contribution in [2.45, 2.75) is 52.2 Å². The number of hydrogen-bond acceptors (Lipinski definition) is 4. The lowest BCUT2D eigenvalue weighted by Gasteiger charge is -2.31. The van der Waals surface area contributed by atoms with Crippen LogP contribution in [0.3, 0.4) is 0 Å². The van der Waals surface area contributed by atoms with Crippen LogP contribution in [0.5, 0.6) is 0 Å². The zero-order chi connectivity index (χ0) is 13.8. The van der Waals surface area contributed by atoms with Crippen LogP contribution in [0.2, 0.25) is 0 Å². The summed E-state index contributed by atoms with van der Waals surface area (Å²) in [6.07, 6.45) is 2.31. The van der Waals surface area contributed by atoms with Gasteiger partial charge in [0.1, 0.15) is 11.6 Å². The van der Waals surface area contributed by atoms with Gasteiger partial charge in [-0.05, 0) is 53.5 Å². The molecule has 0 amide bonds. The van der Waals surface area contributed by atoms with E-state index in [0.717, 1.165) is 26.2 Å². The zero-order valence-corrected chi connectivity index (χ0v) is 12.4. The molecule has 0 radical (unpaired) electrons. The van der Waals surface area contributed by atoms with Crippen molar-refractivity contribution in [3.05, 3.63) is 0 Å². The minimum atomic E-state index is -0.417. The van der Waals surface area contributed by atoms with Crippen LogP contribution in [0.1, 0.15) is 40.5 Å². The third-order valence-electron chi connectivity index (χ3n) is 3.21. The standard InChI is InChI=1S/C14H27NO3/c1-11(13(16)18-14(2,3)4)15(5)9-12-7-6-8-17-10-12/h11-12H,6-10H2,1-5H3. The molecule has 0 bridgehead atoms. The van der Waals surface area contributed by atoms with Crippen molar-refractivity contribution in [3.63, 3.8) is 0 Å². The highest BCUT2D eigenvalue weighted by atomic mass is 16.6. The van der Waals surface area contributed by atoms with Crippen molar-refractivity contribution in [2.24, 2.45) is 5.92 Å². The summed E-state index contributed by atoms with van der Waals surface area (Å²) in [7, 11) is 1.98. The van der Waals surface area contributed by atoms with E-state index < -0.39 is 5.60 Å². The molecule has 0 aromatic carbocycles. The van der Waals surface area contributed by atoms with Gasteiger partial charge < -0.3 is 9.47 Å². The number of ether oxygens (including phenoxy) is 2. The van der Waals surface area contributed by atoms with Gasteiger partial charge in [-0.1, -0.05) is 0 Å². The second-order valence-electron chi connectivity index (χ2n) is 6.23. The first-order chi connectivity index (χ1) is 8.29. The third-order valence-corrected chi connectivity index (χ3v) is 3.21. The highest BCUT2D eigenvalue weighted by molar-refractivity contribution is 5.75. The van der Waals surface area contributed by atoms with Crippen LogP contribution >= 0.6 is 0 Å². The van der Waals surface area contributed by atoms with E-state index in [1.807, 2.05) is 34.7 Å². The van der Waals surface area contributed by atoms with Gasteiger partial charge in [-0.2, -0.15) is 0 Å². The lowest BCUT2D eigenvalue weighted by atomic mass is 10.0. The summed E-state index contributed by atoms with van der Waals surface area (Å²) in [6.45, 7) is 10.2. The van der Waals surface area contributed by atoms with Crippen LogP contribution in [0, 0.1) is 5.92 Å². The molecular weight excluding hydrogens is 230 g/mol. The van der Waals surface area contributed by atoms with Crippen molar-refractivity contribution >= 4 is 5.97 Å². The number of hydrogen-bond donors (Lipinski definition) is 0. The number of rotatable bonds is 4. The minimum absolute atomic E-state index is 0.151. The summed E-state index contributed by atoms with van der Waals surface area (Å²) in [5.74, 6) is 0.385. The van der Waals surface area contributed by atoms with Crippen molar-refractivity contribution < 1.29 is 14.3 Å². The summed E-state index contributed by atoms with van der Waals surface area (Å²) in [4.78, 5) is 14.0. The number of carbonyl (C=O) groups excluding carboxylic acids is 1. The smallest absolute Gasteiger partial charge is 0.323 e. The van der Waals surface area contributed by atoms with Crippen molar-refractivity contribution in [2.75, 3.05) is 26.8 Å². The average molecular weight is 257 g/mol. The molecule has 0 spiro atoms. The van der Waals surface area contributed by atoms with Gasteiger partial charge in [0.15, 0.2) is 0 Å². The predicted octanol–water partition coefficient (Wildman–Crippen LogP) is 2.08. The largest absolute Gasteiger partial charge is 0.459 e. The second-order valence-corrected chi connectivity index (χ2v) is 6.23. The molecule has 0 aliphatic carbocycles. The van der Waals surface area contributed by atoms with Crippen molar-refractivity contribution in [1.29, 1.82) is 0 Å². The van der Waals surface area contributed by atoms with E-state index >= 15 is 0 Å². The first kappa shape index (κ1) is 15.4. The molecule has 4 nitrogen and oxygen atoms in total. The Balaban J connectivity index is 2.39. The number of likely N-dealkylation sites (N-methyl/N-ethyl adjacent to an activating group) is 1. The van der Waals surface area contributed by atoms with E-state index in [1.54, 1.807) is 0 Å². The van der Waals surface area contributed by atoms with Crippen LogP contribution < -0.4 is 0 Å². The van der Waals surface area contributed by atoms with Gasteiger partial charge in [0, 0.05) is 13.2 Å². The number of carbonyl (C=O) groups is 1. The summed E-state index contributed by atoms with van der Waals surface area (Å²) in [5, 5.41) is 0. The molecule has 1 heterocycles. The van der Waals surface area contributed by atoms with E-state index in [1.165, 1.54) is 6.42 Å². The molecule has 0 saturated carbocycles. The highest BCUT2D eigenvalue weighted by Gasteiger charge is 2.26. The Kier molecular flexibility index (Phi) is 5.60. The molecule has 0 aromatic heterocycles. The molecule has 0 aromatic rings. The van der Waals surface area contributed by atoms with Crippen LogP contribution in [-0.4, -0.2) is 49.3 Å². The van der Waals surface area contributed by atoms with Crippen molar-refractivity contribution in [3.8, 4) is 0 Å². The second kappa shape index (κ2) is 6.53. The quantitative estimate of drug-likeness (QED) is 0.723. The van der Waals surface area contributed by atoms with E-state index in [9.17, 15) is 4.79 Å². The molecule has 4 heteroatoms. The van der Waals surface area contributed by atoms with Gasteiger partial charge in [-0.15, -0.1) is 0 Å². The normalized spacial score (nSPS) is 22.9. The van der Waals surface area contributed by atoms with E-state index in [-0.39, 0.29) is 12.0 Å².